The van der Waals surface area contributed by atoms with Crippen LogP contribution in [0.25, 0.3) is 0 Å². The first-order valence-electron chi connectivity index (χ1n) is 11.5. The summed E-state index contributed by atoms with van der Waals surface area (Å²) >= 11 is 12.0. The Morgan fingerprint density at radius 2 is 0.912 bits per heavy atom. The average molecular weight is 545 g/mol. The zero-order valence-corrected chi connectivity index (χ0v) is 22.7. The second kappa shape index (κ2) is 22.8. The van der Waals surface area contributed by atoms with Crippen LogP contribution in [0.1, 0.15) is 39.0 Å². The quantitative estimate of drug-likeness (QED) is 0.0774. The third-order valence-electron chi connectivity index (χ3n) is 4.43. The highest BCUT2D eigenvalue weighted by Gasteiger charge is 2.31. The largest absolute Gasteiger partial charge is 0.463 e. The number of thiol groups is 3. The molecule has 0 aliphatic carbocycles. The van der Waals surface area contributed by atoms with E-state index in [4.69, 9.17) is 28.4 Å². The molecular weight excluding hydrogens is 504 g/mol. The molecule has 0 rings (SSSR count). The maximum absolute atomic E-state index is 11.4. The molecule has 0 radical (unpaired) electrons. The van der Waals surface area contributed by atoms with E-state index in [1.54, 1.807) is 0 Å². The fourth-order valence-corrected chi connectivity index (χ4v) is 3.42. The van der Waals surface area contributed by atoms with Crippen molar-refractivity contribution < 1.29 is 42.8 Å². The van der Waals surface area contributed by atoms with Crippen LogP contribution in [0.4, 0.5) is 0 Å². The van der Waals surface area contributed by atoms with Crippen LogP contribution in [0.15, 0.2) is 0 Å². The van der Waals surface area contributed by atoms with Gasteiger partial charge in [-0.1, -0.05) is 13.3 Å². The molecule has 0 heterocycles. The van der Waals surface area contributed by atoms with Crippen molar-refractivity contribution in [1.29, 1.82) is 0 Å². The lowest BCUT2D eigenvalue weighted by Crippen LogP contribution is -2.38. The van der Waals surface area contributed by atoms with Crippen LogP contribution in [-0.2, 0) is 42.8 Å². The Morgan fingerprint density at radius 3 is 1.18 bits per heavy atom. The van der Waals surface area contributed by atoms with Crippen molar-refractivity contribution in [2.75, 3.05) is 76.7 Å². The van der Waals surface area contributed by atoms with Gasteiger partial charge in [0, 0.05) is 22.7 Å². The Labute approximate surface area is 219 Å². The van der Waals surface area contributed by atoms with Gasteiger partial charge in [0.05, 0.1) is 58.9 Å². The van der Waals surface area contributed by atoms with Crippen molar-refractivity contribution >= 4 is 55.8 Å². The number of carbonyl (C=O) groups excluding carboxylic acids is 3. The molecule has 0 N–H and O–H groups in total. The van der Waals surface area contributed by atoms with Crippen molar-refractivity contribution in [2.45, 2.75) is 39.0 Å². The molecular formula is C22H40O9S3. The summed E-state index contributed by atoms with van der Waals surface area (Å²) in [5.41, 5.74) is -0.464. The zero-order valence-electron chi connectivity index (χ0n) is 20.0. The van der Waals surface area contributed by atoms with Gasteiger partial charge in [0.25, 0.3) is 0 Å². The van der Waals surface area contributed by atoms with E-state index in [0.717, 1.165) is 12.8 Å². The van der Waals surface area contributed by atoms with Gasteiger partial charge in [0.2, 0.25) is 0 Å². The monoisotopic (exact) mass is 544 g/mol. The Morgan fingerprint density at radius 1 is 0.588 bits per heavy atom. The summed E-state index contributed by atoms with van der Waals surface area (Å²) in [5, 5.41) is 0. The molecule has 34 heavy (non-hydrogen) atoms. The minimum Gasteiger partial charge on any atom is -0.463 e. The lowest BCUT2D eigenvalue weighted by molar-refractivity contribution is -0.147. The number of rotatable bonds is 23. The van der Waals surface area contributed by atoms with Crippen LogP contribution < -0.4 is 0 Å². The normalized spacial score (nSPS) is 11.3. The molecule has 12 heteroatoms. The first-order chi connectivity index (χ1) is 16.4. The van der Waals surface area contributed by atoms with Gasteiger partial charge in [-0.3, -0.25) is 14.4 Å². The van der Waals surface area contributed by atoms with Gasteiger partial charge in [-0.05, 0) is 6.42 Å². The number of esters is 3. The standard InChI is InChI=1S/C22H40O9S3/c1-2-6-22(16-26-7-10-29-19(23)3-13-32,17-27-8-11-30-20(24)4-14-33)18-28-9-12-31-21(25)5-15-34/h32-34H,2-18H2,1H3. The Kier molecular flexibility index (Phi) is 22.3. The summed E-state index contributed by atoms with van der Waals surface area (Å²) in [6.07, 6.45) is 2.37. The molecule has 9 nitrogen and oxygen atoms in total. The molecule has 0 aromatic carbocycles. The molecule has 0 atom stereocenters. The molecule has 0 spiro atoms. The van der Waals surface area contributed by atoms with E-state index in [9.17, 15) is 14.4 Å². The molecule has 0 aliphatic rings. The molecule has 0 aromatic heterocycles. The summed E-state index contributed by atoms with van der Waals surface area (Å²) in [5.74, 6) is 0.353. The van der Waals surface area contributed by atoms with Crippen LogP contribution in [0.5, 0.6) is 0 Å². The van der Waals surface area contributed by atoms with Crippen molar-refractivity contribution in [3.63, 3.8) is 0 Å². The second-order valence-corrected chi connectivity index (χ2v) is 8.83. The minimum absolute atomic E-state index is 0.152. The highest BCUT2D eigenvalue weighted by Crippen LogP contribution is 2.26. The van der Waals surface area contributed by atoms with Gasteiger partial charge in [-0.2, -0.15) is 37.9 Å². The van der Waals surface area contributed by atoms with E-state index in [1.807, 2.05) is 6.92 Å². The van der Waals surface area contributed by atoms with Crippen LogP contribution in [0.2, 0.25) is 0 Å². The molecule has 0 bridgehead atoms. The van der Waals surface area contributed by atoms with E-state index in [2.05, 4.69) is 37.9 Å². The predicted octanol–water partition coefficient (Wildman–Crippen LogP) is 2.41. The van der Waals surface area contributed by atoms with Crippen LogP contribution in [-0.4, -0.2) is 94.6 Å². The molecule has 0 aliphatic heterocycles. The maximum Gasteiger partial charge on any atom is 0.306 e. The summed E-state index contributed by atoms with van der Waals surface area (Å²) in [6.45, 7) is 4.20. The van der Waals surface area contributed by atoms with E-state index < -0.39 is 5.41 Å². The van der Waals surface area contributed by atoms with Gasteiger partial charge >= 0.3 is 17.9 Å². The predicted molar refractivity (Wildman–Crippen MR) is 138 cm³/mol. The zero-order chi connectivity index (χ0) is 25.5. The van der Waals surface area contributed by atoms with E-state index >= 15 is 0 Å². The van der Waals surface area contributed by atoms with E-state index in [0.29, 0.717) is 37.1 Å². The van der Waals surface area contributed by atoms with Gasteiger partial charge in [-0.25, -0.2) is 0 Å². The number of carbonyl (C=O) groups is 3. The molecule has 0 unspecified atom stereocenters. The fourth-order valence-electron chi connectivity index (χ4n) is 2.87. The smallest absolute Gasteiger partial charge is 0.306 e. The molecule has 200 valence electrons. The highest BCUT2D eigenvalue weighted by molar-refractivity contribution is 7.80. The first kappa shape index (κ1) is 33.3. The number of ether oxygens (including phenoxy) is 6. The lowest BCUT2D eigenvalue weighted by atomic mass is 9.86. The van der Waals surface area contributed by atoms with Crippen molar-refractivity contribution in [3.05, 3.63) is 0 Å². The Hall–Kier alpha value is -0.660. The van der Waals surface area contributed by atoms with Crippen LogP contribution >= 0.6 is 37.9 Å². The summed E-state index contributed by atoms with van der Waals surface area (Å²) in [4.78, 5) is 34.3. The molecule has 0 saturated carbocycles. The van der Waals surface area contributed by atoms with Crippen LogP contribution in [0, 0.1) is 5.41 Å². The first-order valence-corrected chi connectivity index (χ1v) is 13.4. The Balaban J connectivity index is 4.66. The third-order valence-corrected chi connectivity index (χ3v) is 5.10. The lowest BCUT2D eigenvalue weighted by Gasteiger charge is -2.33. The molecule has 0 amide bonds. The van der Waals surface area contributed by atoms with Gasteiger partial charge in [-0.15, -0.1) is 0 Å². The van der Waals surface area contributed by atoms with Crippen molar-refractivity contribution in [1.82, 2.24) is 0 Å². The Bertz CT molecular complexity index is 480. The molecule has 0 saturated heterocycles. The van der Waals surface area contributed by atoms with Crippen molar-refractivity contribution in [2.24, 2.45) is 5.41 Å². The van der Waals surface area contributed by atoms with Crippen molar-refractivity contribution in [3.8, 4) is 0 Å². The SMILES string of the molecule is CCCC(COCCOC(=O)CCS)(COCCOC(=O)CCS)COCCOC(=O)CCS. The summed E-state index contributed by atoms with van der Waals surface area (Å²) < 4.78 is 32.6. The minimum atomic E-state index is -0.464. The number of hydrogen-bond donors (Lipinski definition) is 3. The summed E-state index contributed by atoms with van der Waals surface area (Å²) in [7, 11) is 0. The second-order valence-electron chi connectivity index (χ2n) is 7.49. The van der Waals surface area contributed by atoms with E-state index in [-0.39, 0.29) is 76.8 Å². The van der Waals surface area contributed by atoms with E-state index in [1.165, 1.54) is 0 Å². The maximum atomic E-state index is 11.4. The number of hydrogen-bond acceptors (Lipinski definition) is 12. The third kappa shape index (κ3) is 18.6. The summed E-state index contributed by atoms with van der Waals surface area (Å²) in [6, 6.07) is 0. The fraction of sp³-hybridized carbons (Fsp3) is 0.864. The van der Waals surface area contributed by atoms with Gasteiger partial charge < -0.3 is 28.4 Å². The van der Waals surface area contributed by atoms with Gasteiger partial charge in [0.15, 0.2) is 0 Å². The van der Waals surface area contributed by atoms with Crippen LogP contribution in [0.3, 0.4) is 0 Å². The highest BCUT2D eigenvalue weighted by atomic mass is 32.1. The van der Waals surface area contributed by atoms with Gasteiger partial charge in [0.1, 0.15) is 19.8 Å². The topological polar surface area (TPSA) is 107 Å². The molecule has 0 fully saturated rings. The molecule has 0 aromatic rings. The average Bonchev–Trinajstić information content (AvgIpc) is 2.79.